The van der Waals surface area contributed by atoms with E-state index in [1.807, 2.05) is 0 Å². The smallest absolute Gasteiger partial charge is 0.0609 e. The zero-order chi connectivity index (χ0) is 11.4. The Balaban J connectivity index is 1.87. The van der Waals surface area contributed by atoms with E-state index in [4.69, 9.17) is 9.84 Å². The molecule has 4 atom stereocenters. The van der Waals surface area contributed by atoms with Crippen LogP contribution in [0, 0.1) is 11.8 Å². The molecule has 16 heavy (non-hydrogen) atoms. The molecule has 0 aromatic heterocycles. The van der Waals surface area contributed by atoms with Crippen molar-refractivity contribution in [1.29, 1.82) is 0 Å². The van der Waals surface area contributed by atoms with Gasteiger partial charge in [0.25, 0.3) is 0 Å². The van der Waals surface area contributed by atoms with E-state index in [0.717, 1.165) is 31.1 Å². The Morgan fingerprint density at radius 3 is 2.81 bits per heavy atom. The lowest BCUT2D eigenvalue weighted by Gasteiger charge is -2.44. The molecular weight excluding hydrogens is 200 g/mol. The maximum Gasteiger partial charge on any atom is 0.0609 e. The second-order valence-corrected chi connectivity index (χ2v) is 5.65. The maximum atomic E-state index is 8.84. The van der Waals surface area contributed by atoms with E-state index in [1.165, 1.54) is 32.1 Å². The molecule has 1 heterocycles. The van der Waals surface area contributed by atoms with Crippen molar-refractivity contribution < 1.29 is 9.84 Å². The van der Waals surface area contributed by atoms with Gasteiger partial charge in [-0.25, -0.2) is 0 Å². The Morgan fingerprint density at radius 1 is 1.19 bits per heavy atom. The van der Waals surface area contributed by atoms with Gasteiger partial charge in [-0.3, -0.25) is 0 Å². The Bertz CT molecular complexity index is 205. The molecule has 1 saturated carbocycles. The van der Waals surface area contributed by atoms with Gasteiger partial charge in [-0.15, -0.1) is 0 Å². The minimum Gasteiger partial charge on any atom is -0.396 e. The third-order valence-electron chi connectivity index (χ3n) is 4.38. The Kier molecular flexibility index (Phi) is 4.66. The highest BCUT2D eigenvalue weighted by Crippen LogP contribution is 2.42. The molecule has 1 N–H and O–H groups in total. The van der Waals surface area contributed by atoms with Gasteiger partial charge >= 0.3 is 0 Å². The molecule has 2 nitrogen and oxygen atoms in total. The van der Waals surface area contributed by atoms with E-state index in [9.17, 15) is 0 Å². The Labute approximate surface area is 99.4 Å². The van der Waals surface area contributed by atoms with Gasteiger partial charge in [-0.2, -0.15) is 0 Å². The van der Waals surface area contributed by atoms with E-state index < -0.39 is 0 Å². The summed E-state index contributed by atoms with van der Waals surface area (Å²) in [6, 6.07) is 0. The van der Waals surface area contributed by atoms with Crippen LogP contribution in [0.15, 0.2) is 0 Å². The molecule has 94 valence electrons. The summed E-state index contributed by atoms with van der Waals surface area (Å²) in [6.45, 7) is 2.56. The molecule has 0 radical (unpaired) electrons. The van der Waals surface area contributed by atoms with E-state index in [0.29, 0.717) is 18.8 Å². The van der Waals surface area contributed by atoms with Crippen molar-refractivity contribution in [2.45, 2.75) is 70.5 Å². The van der Waals surface area contributed by atoms with Crippen LogP contribution in [0.25, 0.3) is 0 Å². The van der Waals surface area contributed by atoms with Crippen molar-refractivity contribution >= 4 is 0 Å². The number of unbranched alkanes of at least 4 members (excludes halogenated alkanes) is 1. The normalized spacial score (nSPS) is 39.4. The third-order valence-corrected chi connectivity index (χ3v) is 4.38. The zero-order valence-corrected chi connectivity index (χ0v) is 10.5. The topological polar surface area (TPSA) is 29.5 Å². The van der Waals surface area contributed by atoms with Gasteiger partial charge in [0.05, 0.1) is 12.2 Å². The van der Waals surface area contributed by atoms with Crippen LogP contribution in [-0.2, 0) is 4.74 Å². The van der Waals surface area contributed by atoms with Gasteiger partial charge in [-0.1, -0.05) is 12.8 Å². The lowest BCUT2D eigenvalue weighted by Crippen LogP contribution is -2.41. The van der Waals surface area contributed by atoms with Gasteiger partial charge < -0.3 is 9.84 Å². The minimum atomic E-state index is 0.330. The van der Waals surface area contributed by atoms with Crippen LogP contribution in [0.3, 0.4) is 0 Å². The fraction of sp³-hybridized carbons (Fsp3) is 1.00. The first-order valence-corrected chi connectivity index (χ1v) is 7.07. The molecule has 0 bridgehead atoms. The number of ether oxygens (including phenoxy) is 1. The second kappa shape index (κ2) is 6.02. The number of aliphatic hydroxyl groups is 1. The molecule has 0 aromatic rings. The first kappa shape index (κ1) is 12.4. The Morgan fingerprint density at radius 2 is 2.00 bits per heavy atom. The fourth-order valence-electron chi connectivity index (χ4n) is 3.64. The van der Waals surface area contributed by atoms with E-state index in [-0.39, 0.29) is 0 Å². The molecule has 2 aliphatic rings. The maximum absolute atomic E-state index is 8.84. The second-order valence-electron chi connectivity index (χ2n) is 5.65. The molecule has 1 aliphatic heterocycles. The molecule has 2 heteroatoms. The molecule has 1 saturated heterocycles. The van der Waals surface area contributed by atoms with E-state index in [2.05, 4.69) is 6.92 Å². The van der Waals surface area contributed by atoms with Gasteiger partial charge in [0.15, 0.2) is 0 Å². The minimum absolute atomic E-state index is 0.330. The predicted molar refractivity (Wildman–Crippen MR) is 65.3 cm³/mol. The number of hydrogen-bond donors (Lipinski definition) is 1. The highest BCUT2D eigenvalue weighted by molar-refractivity contribution is 4.87. The highest BCUT2D eigenvalue weighted by atomic mass is 16.5. The van der Waals surface area contributed by atoms with Crippen LogP contribution in [0.2, 0.25) is 0 Å². The summed E-state index contributed by atoms with van der Waals surface area (Å²) in [6.07, 6.45) is 11.1. The molecule has 2 rings (SSSR count). The SMILES string of the molecule is C[C@H]1C[C@H]2CCCC[C@@H]2[C@@H](CCCCO)O1. The zero-order valence-electron chi connectivity index (χ0n) is 10.5. The molecule has 2 fully saturated rings. The summed E-state index contributed by atoms with van der Waals surface area (Å²) >= 11 is 0. The first-order valence-electron chi connectivity index (χ1n) is 7.07. The lowest BCUT2D eigenvalue weighted by atomic mass is 9.71. The van der Waals surface area contributed by atoms with Crippen LogP contribution in [0.4, 0.5) is 0 Å². The van der Waals surface area contributed by atoms with Crippen LogP contribution in [0.5, 0.6) is 0 Å². The Hall–Kier alpha value is -0.0800. The van der Waals surface area contributed by atoms with E-state index in [1.54, 1.807) is 0 Å². The summed E-state index contributed by atoms with van der Waals surface area (Å²) in [7, 11) is 0. The van der Waals surface area contributed by atoms with Crippen LogP contribution < -0.4 is 0 Å². The average Bonchev–Trinajstić information content (AvgIpc) is 2.29. The number of fused-ring (bicyclic) bond motifs is 1. The van der Waals surface area contributed by atoms with Crippen molar-refractivity contribution in [2.75, 3.05) is 6.61 Å². The summed E-state index contributed by atoms with van der Waals surface area (Å²) in [4.78, 5) is 0. The van der Waals surface area contributed by atoms with Crippen molar-refractivity contribution in [3.63, 3.8) is 0 Å². The summed E-state index contributed by atoms with van der Waals surface area (Å²) in [5.41, 5.74) is 0. The van der Waals surface area contributed by atoms with E-state index >= 15 is 0 Å². The van der Waals surface area contributed by atoms with Crippen molar-refractivity contribution in [3.8, 4) is 0 Å². The summed E-state index contributed by atoms with van der Waals surface area (Å²) in [5, 5.41) is 8.84. The third kappa shape index (κ3) is 2.98. The van der Waals surface area contributed by atoms with Crippen LogP contribution in [-0.4, -0.2) is 23.9 Å². The monoisotopic (exact) mass is 226 g/mol. The van der Waals surface area contributed by atoms with Crippen LogP contribution in [0.1, 0.15) is 58.3 Å². The van der Waals surface area contributed by atoms with Gasteiger partial charge in [-0.05, 0) is 57.3 Å². The molecule has 1 aliphatic carbocycles. The molecule has 0 amide bonds. The molecular formula is C14H26O2. The molecule has 0 aromatic carbocycles. The molecule has 0 spiro atoms. The summed E-state index contributed by atoms with van der Waals surface area (Å²) in [5.74, 6) is 1.75. The average molecular weight is 226 g/mol. The predicted octanol–water partition coefficient (Wildman–Crippen LogP) is 3.13. The van der Waals surface area contributed by atoms with Crippen molar-refractivity contribution in [3.05, 3.63) is 0 Å². The quantitative estimate of drug-likeness (QED) is 0.746. The largest absolute Gasteiger partial charge is 0.396 e. The molecule has 0 unspecified atom stereocenters. The first-order chi connectivity index (χ1) is 7.81. The highest BCUT2D eigenvalue weighted by Gasteiger charge is 2.37. The van der Waals surface area contributed by atoms with Crippen molar-refractivity contribution in [1.82, 2.24) is 0 Å². The van der Waals surface area contributed by atoms with Gasteiger partial charge in [0.2, 0.25) is 0 Å². The lowest BCUT2D eigenvalue weighted by molar-refractivity contribution is -0.116. The summed E-state index contributed by atoms with van der Waals surface area (Å²) < 4.78 is 6.12. The van der Waals surface area contributed by atoms with Gasteiger partial charge in [0, 0.05) is 6.61 Å². The number of hydrogen-bond acceptors (Lipinski definition) is 2. The fourth-order valence-corrected chi connectivity index (χ4v) is 3.64. The van der Waals surface area contributed by atoms with Gasteiger partial charge in [0.1, 0.15) is 0 Å². The number of aliphatic hydroxyl groups excluding tert-OH is 1. The number of rotatable bonds is 4. The standard InChI is InChI=1S/C14H26O2/c1-11-10-12-6-2-3-7-13(12)14(16-11)8-4-5-9-15/h11-15H,2-10H2,1H3/t11-,12+,13-,14+/m0/s1. The van der Waals surface area contributed by atoms with Crippen LogP contribution >= 0.6 is 0 Å². The van der Waals surface area contributed by atoms with Crippen molar-refractivity contribution in [2.24, 2.45) is 11.8 Å².